The summed E-state index contributed by atoms with van der Waals surface area (Å²) >= 11 is 1.54. The first-order valence-electron chi connectivity index (χ1n) is 3.13. The fourth-order valence-electron chi connectivity index (χ4n) is 0.535. The van der Waals surface area contributed by atoms with Gasteiger partial charge in [-0.25, -0.2) is 5.48 Å². The van der Waals surface area contributed by atoms with Crippen LogP contribution in [0.15, 0.2) is 27.7 Å². The lowest BCUT2D eigenvalue weighted by Gasteiger charge is -1.89. The second-order valence-electron chi connectivity index (χ2n) is 1.86. The summed E-state index contributed by atoms with van der Waals surface area (Å²) in [6.07, 6.45) is 1.55. The molecule has 0 aliphatic rings. The van der Waals surface area contributed by atoms with Gasteiger partial charge in [-0.15, -0.1) is 16.4 Å². The standard InChI is InChI=1S/C6H8N4OS/c7-6(10-11)9-8-4-5-2-1-3-12-5/h1-4,11H,(H3,7,9,10). The van der Waals surface area contributed by atoms with Gasteiger partial charge in [-0.05, 0) is 11.4 Å². The number of nitrogens with zero attached hydrogens (tertiary/aromatic N) is 2. The monoisotopic (exact) mass is 184 g/mol. The highest BCUT2D eigenvalue weighted by Crippen LogP contribution is 2.04. The summed E-state index contributed by atoms with van der Waals surface area (Å²) < 4.78 is 0. The van der Waals surface area contributed by atoms with E-state index in [1.54, 1.807) is 11.7 Å². The van der Waals surface area contributed by atoms with Gasteiger partial charge in [0.1, 0.15) is 0 Å². The molecule has 0 unspecified atom stereocenters. The van der Waals surface area contributed by atoms with Crippen molar-refractivity contribution >= 4 is 23.5 Å². The highest BCUT2D eigenvalue weighted by Gasteiger charge is 1.85. The Kier molecular flexibility index (Phi) is 3.24. The first-order valence-corrected chi connectivity index (χ1v) is 4.01. The normalized spacial score (nSPS) is 12.2. The first kappa shape index (κ1) is 8.69. The van der Waals surface area contributed by atoms with Gasteiger partial charge in [0, 0.05) is 4.88 Å². The van der Waals surface area contributed by atoms with Crippen LogP contribution in [-0.4, -0.2) is 17.4 Å². The second-order valence-corrected chi connectivity index (χ2v) is 2.84. The second kappa shape index (κ2) is 4.47. The van der Waals surface area contributed by atoms with E-state index in [4.69, 9.17) is 10.9 Å². The summed E-state index contributed by atoms with van der Waals surface area (Å²) in [5.41, 5.74) is 6.75. The molecule has 0 saturated carbocycles. The van der Waals surface area contributed by atoms with Crippen LogP contribution in [0.5, 0.6) is 0 Å². The maximum Gasteiger partial charge on any atom is 0.237 e. The molecule has 0 aliphatic carbocycles. The lowest BCUT2D eigenvalue weighted by molar-refractivity contribution is 0.232. The van der Waals surface area contributed by atoms with Crippen LogP contribution < -0.4 is 11.2 Å². The van der Waals surface area contributed by atoms with Gasteiger partial charge < -0.3 is 5.73 Å². The summed E-state index contributed by atoms with van der Waals surface area (Å²) in [6.45, 7) is 0. The molecule has 4 N–H and O–H groups in total. The van der Waals surface area contributed by atoms with Gasteiger partial charge in [-0.2, -0.15) is 5.10 Å². The topological polar surface area (TPSA) is 83.0 Å². The molecule has 0 amide bonds. The van der Waals surface area contributed by atoms with E-state index >= 15 is 0 Å². The summed E-state index contributed by atoms with van der Waals surface area (Å²) in [6, 6.07) is 3.80. The van der Waals surface area contributed by atoms with Crippen LogP contribution in [0, 0.1) is 0 Å². The Labute approximate surface area is 73.2 Å². The van der Waals surface area contributed by atoms with Gasteiger partial charge in [0.15, 0.2) is 0 Å². The SMILES string of the molecule is N/C(=N\N=Cc1cccs1)NO. The molecule has 64 valence electrons. The van der Waals surface area contributed by atoms with Crippen molar-refractivity contribution in [1.82, 2.24) is 5.48 Å². The van der Waals surface area contributed by atoms with E-state index in [0.717, 1.165) is 4.88 Å². The Bertz CT molecular complexity index is 280. The third-order valence-electron chi connectivity index (χ3n) is 1.01. The molecule has 5 nitrogen and oxygen atoms in total. The lowest BCUT2D eigenvalue weighted by atomic mass is 10.5. The number of hydrogen-bond acceptors (Lipinski definition) is 4. The van der Waals surface area contributed by atoms with Gasteiger partial charge in [0.25, 0.3) is 0 Å². The van der Waals surface area contributed by atoms with E-state index < -0.39 is 0 Å². The number of guanidine groups is 1. The molecule has 12 heavy (non-hydrogen) atoms. The molecule has 0 aromatic carbocycles. The summed E-state index contributed by atoms with van der Waals surface area (Å²) in [4.78, 5) is 0.976. The quantitative estimate of drug-likeness (QED) is 0.353. The molecule has 0 fully saturated rings. The van der Waals surface area contributed by atoms with Gasteiger partial charge >= 0.3 is 0 Å². The molecule has 0 bridgehead atoms. The average molecular weight is 184 g/mol. The lowest BCUT2D eigenvalue weighted by Crippen LogP contribution is -2.27. The van der Waals surface area contributed by atoms with Crippen molar-refractivity contribution in [3.8, 4) is 0 Å². The summed E-state index contributed by atoms with van der Waals surface area (Å²) in [5.74, 6) is -0.136. The van der Waals surface area contributed by atoms with Crippen molar-refractivity contribution < 1.29 is 5.21 Å². The summed E-state index contributed by atoms with van der Waals surface area (Å²) in [5, 5.41) is 17.2. The maximum atomic E-state index is 8.21. The minimum Gasteiger partial charge on any atom is -0.367 e. The van der Waals surface area contributed by atoms with Crippen molar-refractivity contribution in [1.29, 1.82) is 0 Å². The van der Waals surface area contributed by atoms with Gasteiger partial charge in [0.05, 0.1) is 6.21 Å². The van der Waals surface area contributed by atoms with Gasteiger partial charge in [-0.1, -0.05) is 6.07 Å². The fraction of sp³-hybridized carbons (Fsp3) is 0. The van der Waals surface area contributed by atoms with E-state index in [1.807, 2.05) is 17.5 Å². The predicted molar refractivity (Wildman–Crippen MR) is 48.5 cm³/mol. The van der Waals surface area contributed by atoms with Crippen LogP contribution in [0.4, 0.5) is 0 Å². The Morgan fingerprint density at radius 2 is 2.58 bits per heavy atom. The third kappa shape index (κ3) is 2.69. The molecular weight excluding hydrogens is 176 g/mol. The highest BCUT2D eigenvalue weighted by atomic mass is 32.1. The fourth-order valence-corrected chi connectivity index (χ4v) is 1.11. The molecule has 0 saturated heterocycles. The zero-order chi connectivity index (χ0) is 8.81. The zero-order valence-corrected chi connectivity index (χ0v) is 6.95. The smallest absolute Gasteiger partial charge is 0.237 e. The first-order chi connectivity index (χ1) is 5.83. The van der Waals surface area contributed by atoms with Crippen LogP contribution in [-0.2, 0) is 0 Å². The Balaban J connectivity index is 2.52. The number of thiophene rings is 1. The van der Waals surface area contributed by atoms with E-state index in [2.05, 4.69) is 10.2 Å². The molecule has 0 radical (unpaired) electrons. The zero-order valence-electron chi connectivity index (χ0n) is 6.14. The van der Waals surface area contributed by atoms with Crippen LogP contribution >= 0.6 is 11.3 Å². The van der Waals surface area contributed by atoms with Crippen molar-refractivity contribution in [2.75, 3.05) is 0 Å². The molecule has 0 atom stereocenters. The van der Waals surface area contributed by atoms with Crippen molar-refractivity contribution in [2.45, 2.75) is 0 Å². The van der Waals surface area contributed by atoms with Crippen molar-refractivity contribution in [3.05, 3.63) is 22.4 Å². The number of nitrogens with one attached hydrogen (secondary N) is 1. The van der Waals surface area contributed by atoms with Crippen molar-refractivity contribution in [2.24, 2.45) is 15.9 Å². The third-order valence-corrected chi connectivity index (χ3v) is 1.82. The van der Waals surface area contributed by atoms with Crippen LogP contribution in [0.1, 0.15) is 4.88 Å². The molecule has 1 aromatic heterocycles. The molecule has 1 aromatic rings. The summed E-state index contributed by atoms with van der Waals surface area (Å²) in [7, 11) is 0. The maximum absolute atomic E-state index is 8.21. The Morgan fingerprint density at radius 1 is 1.75 bits per heavy atom. The Morgan fingerprint density at radius 3 is 3.17 bits per heavy atom. The van der Waals surface area contributed by atoms with Crippen molar-refractivity contribution in [3.63, 3.8) is 0 Å². The van der Waals surface area contributed by atoms with E-state index in [-0.39, 0.29) is 5.96 Å². The van der Waals surface area contributed by atoms with Gasteiger partial charge in [0.2, 0.25) is 5.96 Å². The molecule has 0 spiro atoms. The largest absolute Gasteiger partial charge is 0.367 e. The predicted octanol–water partition coefficient (Wildman–Crippen LogP) is 0.376. The van der Waals surface area contributed by atoms with E-state index in [1.165, 1.54) is 11.3 Å². The Hall–Kier alpha value is -1.40. The molecule has 0 aliphatic heterocycles. The van der Waals surface area contributed by atoms with Gasteiger partial charge in [-0.3, -0.25) is 5.21 Å². The number of hydrogen-bond donors (Lipinski definition) is 3. The molecular formula is C6H8N4OS. The minimum atomic E-state index is -0.136. The minimum absolute atomic E-state index is 0.136. The number of nitrogens with two attached hydrogens (primary N) is 1. The van der Waals surface area contributed by atoms with E-state index in [9.17, 15) is 0 Å². The molecule has 6 heteroatoms. The highest BCUT2D eigenvalue weighted by molar-refractivity contribution is 7.11. The average Bonchev–Trinajstić information content (AvgIpc) is 2.57. The van der Waals surface area contributed by atoms with Crippen LogP contribution in [0.25, 0.3) is 0 Å². The number of hydroxylamine groups is 1. The molecule has 1 rings (SSSR count). The number of rotatable bonds is 2. The molecule has 1 heterocycles. The van der Waals surface area contributed by atoms with Crippen LogP contribution in [0.3, 0.4) is 0 Å². The van der Waals surface area contributed by atoms with E-state index in [0.29, 0.717) is 0 Å². The van der Waals surface area contributed by atoms with Crippen LogP contribution in [0.2, 0.25) is 0 Å².